The molecule has 1 rings (SSSR count). The first-order chi connectivity index (χ1) is 8.06. The molecule has 0 bridgehead atoms. The largest absolute Gasteiger partial charge is 0.304 e. The molecule has 4 nitrogen and oxygen atoms in total. The Morgan fingerprint density at radius 2 is 1.94 bits per heavy atom. The molecule has 0 atom stereocenters. The number of amides is 1. The number of hydrogen-bond acceptors (Lipinski definition) is 3. The maximum atomic E-state index is 11.7. The number of nitrogens with one attached hydrogen (secondary N) is 2. The lowest BCUT2D eigenvalue weighted by molar-refractivity contribution is -0.140. The highest BCUT2D eigenvalue weighted by atomic mass is 16.6. The van der Waals surface area contributed by atoms with Crippen molar-refractivity contribution in [2.75, 3.05) is 6.54 Å². The summed E-state index contributed by atoms with van der Waals surface area (Å²) in [5.41, 5.74) is 2.86. The third-order valence-electron chi connectivity index (χ3n) is 2.43. The Bertz CT molecular complexity index is 350. The van der Waals surface area contributed by atoms with Gasteiger partial charge in [-0.25, -0.2) is 5.48 Å². The second-order valence-corrected chi connectivity index (χ2v) is 4.36. The van der Waals surface area contributed by atoms with Gasteiger partial charge < -0.3 is 5.32 Å². The molecule has 17 heavy (non-hydrogen) atoms. The van der Waals surface area contributed by atoms with E-state index in [9.17, 15) is 4.79 Å². The predicted molar refractivity (Wildman–Crippen MR) is 67.1 cm³/mol. The summed E-state index contributed by atoms with van der Waals surface area (Å²) < 4.78 is 0. The van der Waals surface area contributed by atoms with Crippen molar-refractivity contribution in [1.29, 1.82) is 0 Å². The standard InChI is InChI=1S/C13H20N2O2/c1-4-14-13(2,3)12(16)15-17-10-11-8-6-5-7-9-11/h5-9,14H,4,10H2,1-3H3,(H,15,16). The van der Waals surface area contributed by atoms with E-state index in [4.69, 9.17) is 4.84 Å². The molecule has 94 valence electrons. The van der Waals surface area contributed by atoms with Crippen LogP contribution in [0.25, 0.3) is 0 Å². The van der Waals surface area contributed by atoms with E-state index in [1.165, 1.54) is 0 Å². The first-order valence-corrected chi connectivity index (χ1v) is 5.77. The monoisotopic (exact) mass is 236 g/mol. The minimum atomic E-state index is -0.620. The highest BCUT2D eigenvalue weighted by Gasteiger charge is 2.26. The van der Waals surface area contributed by atoms with Crippen molar-refractivity contribution in [1.82, 2.24) is 10.8 Å². The first-order valence-electron chi connectivity index (χ1n) is 5.77. The van der Waals surface area contributed by atoms with Crippen LogP contribution < -0.4 is 10.8 Å². The summed E-state index contributed by atoms with van der Waals surface area (Å²) in [6, 6.07) is 9.70. The molecule has 1 aromatic carbocycles. The molecule has 4 heteroatoms. The van der Waals surface area contributed by atoms with Crippen molar-refractivity contribution in [3.8, 4) is 0 Å². The number of likely N-dealkylation sites (N-methyl/N-ethyl adjacent to an activating group) is 1. The molecule has 0 heterocycles. The van der Waals surface area contributed by atoms with Crippen molar-refractivity contribution in [2.24, 2.45) is 0 Å². The molecule has 2 N–H and O–H groups in total. The Kier molecular flexibility index (Phi) is 5.12. The van der Waals surface area contributed by atoms with Gasteiger partial charge in [-0.3, -0.25) is 9.63 Å². The number of hydroxylamine groups is 1. The number of benzene rings is 1. The fourth-order valence-electron chi connectivity index (χ4n) is 1.41. The lowest BCUT2D eigenvalue weighted by Gasteiger charge is -2.23. The number of rotatable bonds is 6. The Labute approximate surface area is 102 Å². The van der Waals surface area contributed by atoms with Gasteiger partial charge in [-0.1, -0.05) is 37.3 Å². The van der Waals surface area contributed by atoms with Crippen LogP contribution in [0.1, 0.15) is 26.3 Å². The molecule has 0 saturated heterocycles. The predicted octanol–water partition coefficient (Wildman–Crippen LogP) is 1.62. The van der Waals surface area contributed by atoms with E-state index < -0.39 is 5.54 Å². The molecule has 0 aliphatic carbocycles. The highest BCUT2D eigenvalue weighted by Crippen LogP contribution is 2.03. The lowest BCUT2D eigenvalue weighted by Crippen LogP contribution is -2.52. The van der Waals surface area contributed by atoms with Gasteiger partial charge in [0, 0.05) is 0 Å². The van der Waals surface area contributed by atoms with Crippen LogP contribution in [0.2, 0.25) is 0 Å². The fraction of sp³-hybridized carbons (Fsp3) is 0.462. The normalized spacial score (nSPS) is 11.2. The van der Waals surface area contributed by atoms with Crippen LogP contribution in [-0.2, 0) is 16.2 Å². The van der Waals surface area contributed by atoms with Crippen LogP contribution >= 0.6 is 0 Å². The molecule has 0 radical (unpaired) electrons. The second-order valence-electron chi connectivity index (χ2n) is 4.36. The van der Waals surface area contributed by atoms with E-state index >= 15 is 0 Å². The Balaban J connectivity index is 2.34. The molecule has 1 aromatic rings. The Hall–Kier alpha value is -1.39. The molecule has 1 amide bonds. The van der Waals surface area contributed by atoms with Gasteiger partial charge in [0.15, 0.2) is 0 Å². The minimum Gasteiger partial charge on any atom is -0.304 e. The average Bonchev–Trinajstić information content (AvgIpc) is 2.30. The van der Waals surface area contributed by atoms with Crippen LogP contribution in [-0.4, -0.2) is 18.0 Å². The van der Waals surface area contributed by atoms with E-state index in [-0.39, 0.29) is 5.91 Å². The summed E-state index contributed by atoms with van der Waals surface area (Å²) in [7, 11) is 0. The van der Waals surface area contributed by atoms with Crippen molar-refractivity contribution < 1.29 is 9.63 Å². The van der Waals surface area contributed by atoms with E-state index in [2.05, 4.69) is 10.8 Å². The molecular weight excluding hydrogens is 216 g/mol. The van der Waals surface area contributed by atoms with E-state index in [1.54, 1.807) is 0 Å². The molecule has 0 fully saturated rings. The molecule has 0 aliphatic rings. The molecule has 0 unspecified atom stereocenters. The van der Waals surface area contributed by atoms with Gasteiger partial charge >= 0.3 is 0 Å². The van der Waals surface area contributed by atoms with Gasteiger partial charge in [0.1, 0.15) is 0 Å². The van der Waals surface area contributed by atoms with Gasteiger partial charge in [0.25, 0.3) is 5.91 Å². The van der Waals surface area contributed by atoms with Crippen molar-refractivity contribution in [3.05, 3.63) is 35.9 Å². The zero-order chi connectivity index (χ0) is 12.7. The average molecular weight is 236 g/mol. The molecule has 0 aliphatic heterocycles. The van der Waals surface area contributed by atoms with Crippen LogP contribution in [0, 0.1) is 0 Å². The topological polar surface area (TPSA) is 50.4 Å². The van der Waals surface area contributed by atoms with Crippen LogP contribution in [0.3, 0.4) is 0 Å². The van der Waals surface area contributed by atoms with Gasteiger partial charge in [0.2, 0.25) is 0 Å². The molecule has 0 aromatic heterocycles. The lowest BCUT2D eigenvalue weighted by atomic mass is 10.1. The SMILES string of the molecule is CCNC(C)(C)C(=O)NOCc1ccccc1. The van der Waals surface area contributed by atoms with Gasteiger partial charge in [-0.2, -0.15) is 0 Å². The maximum absolute atomic E-state index is 11.7. The number of hydrogen-bond donors (Lipinski definition) is 2. The van der Waals surface area contributed by atoms with Crippen molar-refractivity contribution in [3.63, 3.8) is 0 Å². The zero-order valence-corrected chi connectivity index (χ0v) is 10.6. The summed E-state index contributed by atoms with van der Waals surface area (Å²) in [6.07, 6.45) is 0. The fourth-order valence-corrected chi connectivity index (χ4v) is 1.41. The van der Waals surface area contributed by atoms with Crippen molar-refractivity contribution >= 4 is 5.91 Å². The van der Waals surface area contributed by atoms with Crippen LogP contribution in [0.4, 0.5) is 0 Å². The van der Waals surface area contributed by atoms with E-state index in [1.807, 2.05) is 51.1 Å². The number of carbonyl (C=O) groups excluding carboxylic acids is 1. The summed E-state index contributed by atoms with van der Waals surface area (Å²) in [4.78, 5) is 16.9. The van der Waals surface area contributed by atoms with Crippen LogP contribution in [0.5, 0.6) is 0 Å². The summed E-state index contributed by atoms with van der Waals surface area (Å²) >= 11 is 0. The minimum absolute atomic E-state index is 0.171. The van der Waals surface area contributed by atoms with E-state index in [0.717, 1.165) is 12.1 Å². The number of carbonyl (C=O) groups is 1. The summed E-state index contributed by atoms with van der Waals surface area (Å²) in [5, 5.41) is 3.08. The second kappa shape index (κ2) is 6.37. The van der Waals surface area contributed by atoms with Crippen LogP contribution in [0.15, 0.2) is 30.3 Å². The smallest absolute Gasteiger partial charge is 0.263 e. The first kappa shape index (κ1) is 13.7. The quantitative estimate of drug-likeness (QED) is 0.738. The molecule has 0 spiro atoms. The Morgan fingerprint density at radius 3 is 2.53 bits per heavy atom. The maximum Gasteiger partial charge on any atom is 0.263 e. The third-order valence-corrected chi connectivity index (χ3v) is 2.43. The molecule has 0 saturated carbocycles. The Morgan fingerprint density at radius 1 is 1.29 bits per heavy atom. The zero-order valence-electron chi connectivity index (χ0n) is 10.6. The van der Waals surface area contributed by atoms with E-state index in [0.29, 0.717) is 6.61 Å². The van der Waals surface area contributed by atoms with Gasteiger partial charge in [-0.05, 0) is 26.0 Å². The summed E-state index contributed by atoms with van der Waals surface area (Å²) in [6.45, 7) is 6.70. The third kappa shape index (κ3) is 4.54. The highest BCUT2D eigenvalue weighted by molar-refractivity contribution is 5.84. The summed E-state index contributed by atoms with van der Waals surface area (Å²) in [5.74, 6) is -0.171. The van der Waals surface area contributed by atoms with Gasteiger partial charge in [0.05, 0.1) is 12.1 Å². The van der Waals surface area contributed by atoms with Crippen molar-refractivity contribution in [2.45, 2.75) is 32.9 Å². The van der Waals surface area contributed by atoms with Gasteiger partial charge in [-0.15, -0.1) is 0 Å². The molecular formula is C13H20N2O2.